The third-order valence-corrected chi connectivity index (χ3v) is 3.05. The van der Waals surface area contributed by atoms with Crippen LogP contribution in [0.5, 0.6) is 5.75 Å². The molecule has 1 aromatic carbocycles. The fraction of sp³-hybridized carbons (Fsp3) is 0.400. The Hall–Kier alpha value is 0.180. The molecule has 0 N–H and O–H groups in total. The first-order valence-corrected chi connectivity index (χ1v) is 6.04. The average Bonchev–Trinajstić information content (AvgIpc) is 2.15. The predicted octanol–water partition coefficient (Wildman–Crippen LogP) is 4.90. The van der Waals surface area contributed by atoms with Crippen LogP contribution in [-0.4, -0.2) is 12.5 Å². The van der Waals surface area contributed by atoms with E-state index in [9.17, 15) is 0 Å². The Morgan fingerprint density at radius 1 is 1.20 bits per heavy atom. The van der Waals surface area contributed by atoms with E-state index in [1.807, 2.05) is 6.92 Å². The summed E-state index contributed by atoms with van der Waals surface area (Å²) in [5.41, 5.74) is 0. The smallest absolute Gasteiger partial charge is 0.156 e. The molecule has 0 radical (unpaired) electrons. The van der Waals surface area contributed by atoms with Crippen molar-refractivity contribution in [1.29, 1.82) is 0 Å². The van der Waals surface area contributed by atoms with Crippen molar-refractivity contribution >= 4 is 46.4 Å². The van der Waals surface area contributed by atoms with Gasteiger partial charge in [0.15, 0.2) is 5.75 Å². The number of hydrogen-bond acceptors (Lipinski definition) is 1. The van der Waals surface area contributed by atoms with Crippen molar-refractivity contribution in [2.45, 2.75) is 6.92 Å². The van der Waals surface area contributed by atoms with Gasteiger partial charge in [-0.1, -0.05) is 41.7 Å². The monoisotopic (exact) mass is 286 g/mol. The highest BCUT2D eigenvalue weighted by molar-refractivity contribution is 6.40. The largest absolute Gasteiger partial charge is 0.490 e. The number of hydrogen-bond donors (Lipinski definition) is 0. The van der Waals surface area contributed by atoms with Gasteiger partial charge in [0.2, 0.25) is 0 Å². The first kappa shape index (κ1) is 13.2. The quantitative estimate of drug-likeness (QED) is 0.716. The van der Waals surface area contributed by atoms with Crippen molar-refractivity contribution in [3.8, 4) is 5.75 Å². The Kier molecular flexibility index (Phi) is 5.34. The zero-order chi connectivity index (χ0) is 11.4. The van der Waals surface area contributed by atoms with Gasteiger partial charge in [-0.25, -0.2) is 0 Å². The van der Waals surface area contributed by atoms with Crippen molar-refractivity contribution in [3.63, 3.8) is 0 Å². The SMILES string of the molecule is CC(CCl)COc1c(Cl)cc(Cl)cc1Cl. The lowest BCUT2D eigenvalue weighted by atomic mass is 10.2. The third kappa shape index (κ3) is 3.92. The van der Waals surface area contributed by atoms with Gasteiger partial charge in [-0.05, 0) is 12.1 Å². The second-order valence-corrected chi connectivity index (χ2v) is 4.83. The summed E-state index contributed by atoms with van der Waals surface area (Å²) in [6.45, 7) is 2.45. The second kappa shape index (κ2) is 6.05. The minimum Gasteiger partial charge on any atom is -0.490 e. The van der Waals surface area contributed by atoms with Crippen molar-refractivity contribution in [2.24, 2.45) is 5.92 Å². The number of benzene rings is 1. The summed E-state index contributed by atoms with van der Waals surface area (Å²) in [7, 11) is 0. The summed E-state index contributed by atoms with van der Waals surface area (Å²) >= 11 is 23.3. The van der Waals surface area contributed by atoms with Gasteiger partial charge in [-0.3, -0.25) is 0 Å². The Balaban J connectivity index is 2.77. The van der Waals surface area contributed by atoms with Gasteiger partial charge in [0.25, 0.3) is 0 Å². The van der Waals surface area contributed by atoms with E-state index in [0.717, 1.165) is 0 Å². The van der Waals surface area contributed by atoms with E-state index >= 15 is 0 Å². The van der Waals surface area contributed by atoms with E-state index in [-0.39, 0.29) is 5.92 Å². The van der Waals surface area contributed by atoms with E-state index < -0.39 is 0 Å². The van der Waals surface area contributed by atoms with E-state index in [1.165, 1.54) is 0 Å². The molecule has 1 aromatic rings. The standard InChI is InChI=1S/C10H10Cl4O/c1-6(4-11)5-15-10-8(13)2-7(12)3-9(10)14/h2-3,6H,4-5H2,1H3. The van der Waals surface area contributed by atoms with Crippen molar-refractivity contribution < 1.29 is 4.74 Å². The van der Waals surface area contributed by atoms with E-state index in [4.69, 9.17) is 51.1 Å². The molecule has 0 fully saturated rings. The molecule has 0 saturated heterocycles. The van der Waals surface area contributed by atoms with Crippen LogP contribution >= 0.6 is 46.4 Å². The molecule has 0 bridgehead atoms. The maximum absolute atomic E-state index is 5.93. The van der Waals surface area contributed by atoms with Gasteiger partial charge in [-0.15, -0.1) is 11.6 Å². The molecule has 1 atom stereocenters. The van der Waals surface area contributed by atoms with Gasteiger partial charge >= 0.3 is 0 Å². The number of alkyl halides is 1. The molecule has 15 heavy (non-hydrogen) atoms. The third-order valence-electron chi connectivity index (χ3n) is 1.74. The van der Waals surface area contributed by atoms with Crippen LogP contribution in [0.2, 0.25) is 15.1 Å². The van der Waals surface area contributed by atoms with Crippen LogP contribution in [0, 0.1) is 5.92 Å². The van der Waals surface area contributed by atoms with Crippen molar-refractivity contribution in [1.82, 2.24) is 0 Å². The lowest BCUT2D eigenvalue weighted by Crippen LogP contribution is -2.10. The Labute approximate surface area is 109 Å². The van der Waals surface area contributed by atoms with Crippen molar-refractivity contribution in [3.05, 3.63) is 27.2 Å². The lowest BCUT2D eigenvalue weighted by Gasteiger charge is -2.13. The molecule has 0 amide bonds. The molecule has 0 aromatic heterocycles. The Morgan fingerprint density at radius 3 is 2.20 bits per heavy atom. The summed E-state index contributed by atoms with van der Waals surface area (Å²) in [5.74, 6) is 1.23. The lowest BCUT2D eigenvalue weighted by molar-refractivity contribution is 0.273. The molecule has 0 saturated carbocycles. The first-order chi connectivity index (χ1) is 7.04. The van der Waals surface area contributed by atoms with Crippen LogP contribution in [0.1, 0.15) is 6.92 Å². The molecule has 0 spiro atoms. The zero-order valence-corrected chi connectivity index (χ0v) is 11.1. The molecule has 1 nitrogen and oxygen atoms in total. The summed E-state index contributed by atoms with van der Waals surface area (Å²) in [6.07, 6.45) is 0. The maximum Gasteiger partial charge on any atom is 0.156 e. The van der Waals surface area contributed by atoms with Gasteiger partial charge in [0.1, 0.15) is 0 Å². The van der Waals surface area contributed by atoms with Gasteiger partial charge in [-0.2, -0.15) is 0 Å². The molecule has 84 valence electrons. The first-order valence-electron chi connectivity index (χ1n) is 4.38. The summed E-state index contributed by atoms with van der Waals surface area (Å²) < 4.78 is 5.47. The number of rotatable bonds is 4. The highest BCUT2D eigenvalue weighted by Gasteiger charge is 2.10. The highest BCUT2D eigenvalue weighted by atomic mass is 35.5. The molecule has 0 aliphatic heterocycles. The molecule has 0 heterocycles. The molecular formula is C10H10Cl4O. The van der Waals surface area contributed by atoms with Gasteiger partial charge in [0, 0.05) is 16.8 Å². The fourth-order valence-corrected chi connectivity index (χ4v) is 1.95. The minimum absolute atomic E-state index is 0.245. The zero-order valence-electron chi connectivity index (χ0n) is 8.07. The van der Waals surface area contributed by atoms with Crippen LogP contribution in [0.25, 0.3) is 0 Å². The second-order valence-electron chi connectivity index (χ2n) is 3.27. The predicted molar refractivity (Wildman–Crippen MR) is 66.9 cm³/mol. The van der Waals surface area contributed by atoms with Gasteiger partial charge in [0.05, 0.1) is 16.7 Å². The van der Waals surface area contributed by atoms with Crippen molar-refractivity contribution in [2.75, 3.05) is 12.5 Å². The van der Waals surface area contributed by atoms with Gasteiger partial charge < -0.3 is 4.74 Å². The Bertz CT molecular complexity index is 317. The number of halogens is 4. The molecule has 0 aliphatic carbocycles. The average molecular weight is 288 g/mol. The molecular weight excluding hydrogens is 278 g/mol. The minimum atomic E-state index is 0.245. The summed E-state index contributed by atoms with van der Waals surface area (Å²) in [6, 6.07) is 3.19. The molecule has 1 unspecified atom stereocenters. The van der Waals surface area contributed by atoms with Crippen LogP contribution in [0.3, 0.4) is 0 Å². The van der Waals surface area contributed by atoms with Crippen LogP contribution in [-0.2, 0) is 0 Å². The topological polar surface area (TPSA) is 9.23 Å². The molecule has 5 heteroatoms. The molecule has 1 rings (SSSR count). The molecule has 0 aliphatic rings. The normalized spacial score (nSPS) is 12.6. The summed E-state index contributed by atoms with van der Waals surface area (Å²) in [4.78, 5) is 0. The van der Waals surface area contributed by atoms with Crippen LogP contribution < -0.4 is 4.74 Å². The van der Waals surface area contributed by atoms with Crippen LogP contribution in [0.4, 0.5) is 0 Å². The maximum atomic E-state index is 5.93. The fourth-order valence-electron chi connectivity index (χ4n) is 0.937. The van der Waals surface area contributed by atoms with E-state index in [0.29, 0.717) is 33.3 Å². The Morgan fingerprint density at radius 2 is 1.73 bits per heavy atom. The highest BCUT2D eigenvalue weighted by Crippen LogP contribution is 2.35. The van der Waals surface area contributed by atoms with Crippen LogP contribution in [0.15, 0.2) is 12.1 Å². The summed E-state index contributed by atoms with van der Waals surface area (Å²) in [5, 5.41) is 1.31. The van der Waals surface area contributed by atoms with E-state index in [1.54, 1.807) is 12.1 Å². The number of ether oxygens (including phenoxy) is 1. The van der Waals surface area contributed by atoms with E-state index in [2.05, 4.69) is 0 Å².